The topological polar surface area (TPSA) is 79.0 Å². The maximum Gasteiger partial charge on any atom is 0.270 e. The van der Waals surface area contributed by atoms with Crippen molar-refractivity contribution < 1.29 is 4.92 Å². The van der Waals surface area contributed by atoms with E-state index in [2.05, 4.69) is 24.4 Å². The maximum atomic E-state index is 10.7. The Bertz CT molecular complexity index is 703. The van der Waals surface area contributed by atoms with Crippen LogP contribution in [0.2, 0.25) is 0 Å². The summed E-state index contributed by atoms with van der Waals surface area (Å²) in [6.07, 6.45) is 0.848. The molecule has 0 bridgehead atoms. The van der Waals surface area contributed by atoms with E-state index in [0.717, 1.165) is 6.42 Å². The number of nitrogens with zero attached hydrogens (tertiary/aromatic N) is 2. The third-order valence-electron chi connectivity index (χ3n) is 3.04. The van der Waals surface area contributed by atoms with Gasteiger partial charge in [0.25, 0.3) is 5.69 Å². The Labute approximate surface area is 127 Å². The monoisotopic (exact) mass is 301 g/mol. The molecule has 2 rings (SSSR count). The van der Waals surface area contributed by atoms with Crippen molar-refractivity contribution in [2.45, 2.75) is 26.3 Å². The SMILES string of the molecule is Cc1ccc(CC(C)Nc2ccc([N+](=O)[O-])cc2C#N)s1. The number of hydrogen-bond donors (Lipinski definition) is 1. The number of nitro benzene ring substituents is 1. The number of nitriles is 1. The Morgan fingerprint density at radius 1 is 1.43 bits per heavy atom. The molecule has 0 radical (unpaired) electrons. The molecule has 0 saturated carbocycles. The number of hydrogen-bond acceptors (Lipinski definition) is 5. The molecule has 0 fully saturated rings. The van der Waals surface area contributed by atoms with Crippen molar-refractivity contribution in [3.05, 3.63) is 55.8 Å². The van der Waals surface area contributed by atoms with Crippen LogP contribution < -0.4 is 5.32 Å². The molecule has 0 aliphatic carbocycles. The first kappa shape index (κ1) is 15.0. The Kier molecular flexibility index (Phi) is 4.55. The van der Waals surface area contributed by atoms with E-state index in [-0.39, 0.29) is 11.7 Å². The number of aryl methyl sites for hydroxylation is 1. The highest BCUT2D eigenvalue weighted by atomic mass is 32.1. The fourth-order valence-electron chi connectivity index (χ4n) is 2.08. The molecule has 1 unspecified atom stereocenters. The quantitative estimate of drug-likeness (QED) is 0.671. The van der Waals surface area contributed by atoms with E-state index in [0.29, 0.717) is 11.3 Å². The number of benzene rings is 1. The van der Waals surface area contributed by atoms with Gasteiger partial charge >= 0.3 is 0 Å². The third-order valence-corrected chi connectivity index (χ3v) is 4.06. The second-order valence-electron chi connectivity index (χ2n) is 4.86. The van der Waals surface area contributed by atoms with Gasteiger partial charge in [0, 0.05) is 34.3 Å². The zero-order valence-electron chi connectivity index (χ0n) is 11.8. The molecule has 2 aromatic rings. The van der Waals surface area contributed by atoms with E-state index in [1.807, 2.05) is 13.0 Å². The van der Waals surface area contributed by atoms with Crippen molar-refractivity contribution in [2.75, 3.05) is 5.32 Å². The number of rotatable bonds is 5. The van der Waals surface area contributed by atoms with Gasteiger partial charge in [-0.2, -0.15) is 5.26 Å². The molecular formula is C15H15N3O2S. The lowest BCUT2D eigenvalue weighted by atomic mass is 10.1. The minimum Gasteiger partial charge on any atom is -0.381 e. The molecule has 0 amide bonds. The van der Waals surface area contributed by atoms with Crippen LogP contribution in [0.25, 0.3) is 0 Å². The van der Waals surface area contributed by atoms with Gasteiger partial charge in [-0.1, -0.05) is 0 Å². The summed E-state index contributed by atoms with van der Waals surface area (Å²) in [5.74, 6) is 0. The number of nitro groups is 1. The molecular weight excluding hydrogens is 286 g/mol. The molecule has 1 atom stereocenters. The fourth-order valence-corrected chi connectivity index (χ4v) is 3.10. The predicted molar refractivity (Wildman–Crippen MR) is 83.7 cm³/mol. The van der Waals surface area contributed by atoms with Crippen molar-refractivity contribution in [1.82, 2.24) is 0 Å². The van der Waals surface area contributed by atoms with E-state index < -0.39 is 4.92 Å². The maximum absolute atomic E-state index is 10.7. The van der Waals surface area contributed by atoms with Crippen LogP contribution in [0.1, 0.15) is 22.2 Å². The molecule has 0 aliphatic heterocycles. The van der Waals surface area contributed by atoms with Crippen LogP contribution in [0.5, 0.6) is 0 Å². The predicted octanol–water partition coefficient (Wildman–Crippen LogP) is 3.88. The number of anilines is 1. The van der Waals surface area contributed by atoms with Crippen molar-refractivity contribution in [3.63, 3.8) is 0 Å². The van der Waals surface area contributed by atoms with Crippen molar-refractivity contribution in [2.24, 2.45) is 0 Å². The molecule has 0 saturated heterocycles. The highest BCUT2D eigenvalue weighted by molar-refractivity contribution is 7.11. The summed E-state index contributed by atoms with van der Waals surface area (Å²) in [6.45, 7) is 4.09. The summed E-state index contributed by atoms with van der Waals surface area (Å²) in [7, 11) is 0. The van der Waals surface area contributed by atoms with Gasteiger partial charge in [0.05, 0.1) is 16.2 Å². The Morgan fingerprint density at radius 3 is 2.76 bits per heavy atom. The van der Waals surface area contributed by atoms with Crippen molar-refractivity contribution in [1.29, 1.82) is 5.26 Å². The Hall–Kier alpha value is -2.39. The Morgan fingerprint density at radius 2 is 2.19 bits per heavy atom. The van der Waals surface area contributed by atoms with Gasteiger partial charge in [0.1, 0.15) is 6.07 Å². The van der Waals surface area contributed by atoms with Gasteiger partial charge in [0.15, 0.2) is 0 Å². The summed E-state index contributed by atoms with van der Waals surface area (Å²) < 4.78 is 0. The molecule has 0 spiro atoms. The zero-order chi connectivity index (χ0) is 15.4. The van der Waals surface area contributed by atoms with E-state index in [4.69, 9.17) is 5.26 Å². The number of non-ortho nitro benzene ring substituents is 1. The normalized spacial score (nSPS) is 11.7. The first-order valence-corrected chi connectivity index (χ1v) is 7.31. The molecule has 1 heterocycles. The summed E-state index contributed by atoms with van der Waals surface area (Å²) in [5.41, 5.74) is 0.848. The van der Waals surface area contributed by atoms with Crippen LogP contribution in [-0.4, -0.2) is 11.0 Å². The molecule has 0 aliphatic rings. The average Bonchev–Trinajstić information content (AvgIpc) is 2.84. The van der Waals surface area contributed by atoms with E-state index >= 15 is 0 Å². The van der Waals surface area contributed by atoms with Crippen LogP contribution >= 0.6 is 11.3 Å². The average molecular weight is 301 g/mol. The molecule has 108 valence electrons. The molecule has 1 N–H and O–H groups in total. The van der Waals surface area contributed by atoms with Crippen LogP contribution in [0.4, 0.5) is 11.4 Å². The van der Waals surface area contributed by atoms with E-state index in [1.54, 1.807) is 17.4 Å². The standard InChI is InChI=1S/C15H15N3O2S/c1-10(7-14-5-3-11(2)21-14)17-15-6-4-13(18(19)20)8-12(15)9-16/h3-6,8,10,17H,7H2,1-2H3. The lowest BCUT2D eigenvalue weighted by Crippen LogP contribution is -2.18. The minimum absolute atomic E-state index is 0.0707. The molecule has 1 aromatic carbocycles. The van der Waals surface area contributed by atoms with E-state index in [9.17, 15) is 10.1 Å². The summed E-state index contributed by atoms with van der Waals surface area (Å²) in [4.78, 5) is 12.8. The van der Waals surface area contributed by atoms with Crippen LogP contribution in [0.3, 0.4) is 0 Å². The van der Waals surface area contributed by atoms with Gasteiger partial charge in [-0.05, 0) is 32.0 Å². The smallest absolute Gasteiger partial charge is 0.270 e. The lowest BCUT2D eigenvalue weighted by Gasteiger charge is -2.15. The summed E-state index contributed by atoms with van der Waals surface area (Å²) in [5, 5.41) is 23.1. The molecule has 21 heavy (non-hydrogen) atoms. The van der Waals surface area contributed by atoms with Crippen LogP contribution in [0.15, 0.2) is 30.3 Å². The zero-order valence-corrected chi connectivity index (χ0v) is 12.6. The summed E-state index contributed by atoms with van der Waals surface area (Å²) in [6, 6.07) is 10.6. The first-order valence-electron chi connectivity index (χ1n) is 6.50. The van der Waals surface area contributed by atoms with Crippen LogP contribution in [-0.2, 0) is 6.42 Å². The second-order valence-corrected chi connectivity index (χ2v) is 6.23. The third kappa shape index (κ3) is 3.80. The molecule has 6 heteroatoms. The van der Waals surface area contributed by atoms with Gasteiger partial charge in [0.2, 0.25) is 0 Å². The Balaban J connectivity index is 2.11. The lowest BCUT2D eigenvalue weighted by molar-refractivity contribution is -0.384. The summed E-state index contributed by atoms with van der Waals surface area (Å²) >= 11 is 1.75. The molecule has 1 aromatic heterocycles. The van der Waals surface area contributed by atoms with Crippen molar-refractivity contribution >= 4 is 22.7 Å². The van der Waals surface area contributed by atoms with Gasteiger partial charge in [-0.15, -0.1) is 11.3 Å². The van der Waals surface area contributed by atoms with Crippen LogP contribution in [0, 0.1) is 28.4 Å². The van der Waals surface area contributed by atoms with Gasteiger partial charge in [-0.3, -0.25) is 10.1 Å². The van der Waals surface area contributed by atoms with Crippen molar-refractivity contribution in [3.8, 4) is 6.07 Å². The van der Waals surface area contributed by atoms with E-state index in [1.165, 1.54) is 21.9 Å². The van der Waals surface area contributed by atoms with Gasteiger partial charge in [-0.25, -0.2) is 0 Å². The minimum atomic E-state index is -0.498. The highest BCUT2D eigenvalue weighted by Gasteiger charge is 2.13. The number of thiophene rings is 1. The molecule has 5 nitrogen and oxygen atoms in total. The van der Waals surface area contributed by atoms with Gasteiger partial charge < -0.3 is 5.32 Å². The fraction of sp³-hybridized carbons (Fsp3) is 0.267. The number of nitrogens with one attached hydrogen (secondary N) is 1. The largest absolute Gasteiger partial charge is 0.381 e. The highest BCUT2D eigenvalue weighted by Crippen LogP contribution is 2.23. The first-order chi connectivity index (χ1) is 9.99. The second kappa shape index (κ2) is 6.37.